The van der Waals surface area contributed by atoms with Gasteiger partial charge < -0.3 is 9.47 Å². The van der Waals surface area contributed by atoms with Gasteiger partial charge >= 0.3 is 12.1 Å². The molecule has 0 aliphatic heterocycles. The predicted molar refractivity (Wildman–Crippen MR) is 72.6 cm³/mol. The fraction of sp³-hybridized carbons (Fsp3) is 0.769. The van der Waals surface area contributed by atoms with Gasteiger partial charge in [-0.1, -0.05) is 0 Å². The van der Waals surface area contributed by atoms with Gasteiger partial charge in [0.2, 0.25) is 5.91 Å². The van der Waals surface area contributed by atoms with E-state index in [1.165, 1.54) is 6.92 Å². The molecule has 0 aliphatic rings. The third kappa shape index (κ3) is 9.18. The maximum Gasteiger partial charge on any atom is 0.426 e. The molecule has 7 heteroatoms. The Hall–Kier alpha value is -1.79. The summed E-state index contributed by atoms with van der Waals surface area (Å²) < 4.78 is 9.83. The molecule has 0 radical (unpaired) electrons. The summed E-state index contributed by atoms with van der Waals surface area (Å²) in [6, 6.07) is 0. The van der Waals surface area contributed by atoms with Gasteiger partial charge in [0.1, 0.15) is 5.60 Å². The zero-order valence-corrected chi connectivity index (χ0v) is 12.8. The number of ether oxygens (including phenoxy) is 2. The van der Waals surface area contributed by atoms with Crippen LogP contribution in [0.25, 0.3) is 0 Å². The summed E-state index contributed by atoms with van der Waals surface area (Å²) in [6.07, 6.45) is -0.120. The van der Waals surface area contributed by atoms with Gasteiger partial charge in [0.05, 0.1) is 6.61 Å². The van der Waals surface area contributed by atoms with E-state index in [0.717, 1.165) is 5.01 Å². The van der Waals surface area contributed by atoms with Crippen molar-refractivity contribution in [1.29, 1.82) is 0 Å². The van der Waals surface area contributed by atoms with Crippen molar-refractivity contribution in [2.45, 2.75) is 53.1 Å². The molecule has 1 N–H and O–H groups in total. The largest absolute Gasteiger partial charge is 0.466 e. The highest BCUT2D eigenvalue weighted by atomic mass is 16.6. The minimum Gasteiger partial charge on any atom is -0.466 e. The number of hydrogen-bond donors (Lipinski definition) is 1. The summed E-state index contributed by atoms with van der Waals surface area (Å²) in [4.78, 5) is 34.1. The lowest BCUT2D eigenvalue weighted by Gasteiger charge is -2.25. The second-order valence-corrected chi connectivity index (χ2v) is 5.19. The molecule has 0 rings (SSSR count). The van der Waals surface area contributed by atoms with Gasteiger partial charge in [-0.3, -0.25) is 14.6 Å². The Morgan fingerprint density at radius 1 is 1.20 bits per heavy atom. The van der Waals surface area contributed by atoms with Crippen molar-refractivity contribution < 1.29 is 23.9 Å². The standard InChI is InChI=1S/C13H24N2O5/c1-6-19-11(17)8-7-9-15(10(2)16)14-12(18)20-13(3,4)5/h6-9H2,1-5H3,(H,14,18). The van der Waals surface area contributed by atoms with Crippen LogP contribution >= 0.6 is 0 Å². The molecule has 0 spiro atoms. The van der Waals surface area contributed by atoms with Gasteiger partial charge in [-0.25, -0.2) is 10.2 Å². The highest BCUT2D eigenvalue weighted by Gasteiger charge is 2.19. The van der Waals surface area contributed by atoms with Crippen molar-refractivity contribution in [3.05, 3.63) is 0 Å². The molecular weight excluding hydrogens is 264 g/mol. The Morgan fingerprint density at radius 3 is 2.25 bits per heavy atom. The second-order valence-electron chi connectivity index (χ2n) is 5.19. The first kappa shape index (κ1) is 18.2. The van der Waals surface area contributed by atoms with Crippen LogP contribution in [-0.4, -0.2) is 41.7 Å². The van der Waals surface area contributed by atoms with Crippen molar-refractivity contribution >= 4 is 18.0 Å². The SMILES string of the molecule is CCOC(=O)CCCN(NC(=O)OC(C)(C)C)C(C)=O. The molecule has 0 atom stereocenters. The molecule has 0 saturated carbocycles. The molecule has 0 aliphatic carbocycles. The first-order valence-corrected chi connectivity index (χ1v) is 6.59. The second kappa shape index (κ2) is 8.39. The van der Waals surface area contributed by atoms with Crippen molar-refractivity contribution in [1.82, 2.24) is 10.4 Å². The molecule has 0 fully saturated rings. The summed E-state index contributed by atoms with van der Waals surface area (Å²) in [5.41, 5.74) is 1.71. The van der Waals surface area contributed by atoms with Gasteiger partial charge in [0.15, 0.2) is 0 Å². The van der Waals surface area contributed by atoms with Crippen LogP contribution in [0.3, 0.4) is 0 Å². The molecule has 0 heterocycles. The van der Waals surface area contributed by atoms with Crippen LogP contribution in [0.2, 0.25) is 0 Å². The first-order valence-electron chi connectivity index (χ1n) is 6.59. The fourth-order valence-corrected chi connectivity index (χ4v) is 1.32. The Bertz CT molecular complexity index is 349. The third-order valence-corrected chi connectivity index (χ3v) is 2.07. The number of nitrogens with one attached hydrogen (secondary N) is 1. The average Bonchev–Trinajstić information content (AvgIpc) is 2.25. The number of esters is 1. The molecule has 116 valence electrons. The smallest absolute Gasteiger partial charge is 0.426 e. The number of amides is 2. The molecule has 2 amide bonds. The Labute approximate surface area is 119 Å². The number of nitrogens with zero attached hydrogens (tertiary/aromatic N) is 1. The molecule has 20 heavy (non-hydrogen) atoms. The number of hydrazine groups is 1. The lowest BCUT2D eigenvalue weighted by molar-refractivity contribution is -0.143. The van der Waals surface area contributed by atoms with E-state index in [0.29, 0.717) is 13.0 Å². The summed E-state index contributed by atoms with van der Waals surface area (Å²) >= 11 is 0. The lowest BCUT2D eigenvalue weighted by Crippen LogP contribution is -2.47. The maximum atomic E-state index is 11.6. The van der Waals surface area contributed by atoms with E-state index in [-0.39, 0.29) is 24.8 Å². The summed E-state index contributed by atoms with van der Waals surface area (Å²) in [5.74, 6) is -0.659. The summed E-state index contributed by atoms with van der Waals surface area (Å²) in [6.45, 7) is 8.77. The molecular formula is C13H24N2O5. The van der Waals surface area contributed by atoms with Crippen LogP contribution in [0, 0.1) is 0 Å². The normalized spacial score (nSPS) is 10.7. The van der Waals surface area contributed by atoms with E-state index >= 15 is 0 Å². The van der Waals surface area contributed by atoms with E-state index in [9.17, 15) is 14.4 Å². The quantitative estimate of drug-likeness (QED) is 0.613. The van der Waals surface area contributed by atoms with Crippen molar-refractivity contribution in [3.8, 4) is 0 Å². The molecule has 0 saturated heterocycles. The third-order valence-electron chi connectivity index (χ3n) is 2.07. The van der Waals surface area contributed by atoms with Crippen LogP contribution in [0.4, 0.5) is 4.79 Å². The molecule has 0 unspecified atom stereocenters. The number of hydrogen-bond acceptors (Lipinski definition) is 5. The zero-order chi connectivity index (χ0) is 15.8. The van der Waals surface area contributed by atoms with Crippen LogP contribution in [0.1, 0.15) is 47.5 Å². The van der Waals surface area contributed by atoms with Gasteiger partial charge in [0.25, 0.3) is 0 Å². The Balaban J connectivity index is 4.21. The Morgan fingerprint density at radius 2 is 1.80 bits per heavy atom. The van der Waals surface area contributed by atoms with E-state index in [2.05, 4.69) is 5.43 Å². The van der Waals surface area contributed by atoms with Crippen LogP contribution in [0.15, 0.2) is 0 Å². The fourth-order valence-electron chi connectivity index (χ4n) is 1.32. The van der Waals surface area contributed by atoms with E-state index in [1.54, 1.807) is 27.7 Å². The number of carbonyl (C=O) groups is 3. The molecule has 0 bridgehead atoms. The van der Waals surface area contributed by atoms with E-state index in [4.69, 9.17) is 9.47 Å². The Kier molecular flexibility index (Phi) is 7.64. The monoisotopic (exact) mass is 288 g/mol. The van der Waals surface area contributed by atoms with Crippen LogP contribution in [-0.2, 0) is 19.1 Å². The minimum atomic E-state index is -0.705. The van der Waals surface area contributed by atoms with Gasteiger partial charge in [-0.05, 0) is 34.1 Å². The predicted octanol–water partition coefficient (Wildman–Crippen LogP) is 1.62. The summed E-state index contributed by atoms with van der Waals surface area (Å²) in [7, 11) is 0. The van der Waals surface area contributed by atoms with E-state index in [1.807, 2.05) is 0 Å². The van der Waals surface area contributed by atoms with Crippen LogP contribution in [0.5, 0.6) is 0 Å². The molecule has 0 aromatic carbocycles. The zero-order valence-electron chi connectivity index (χ0n) is 12.8. The summed E-state index contributed by atoms with van der Waals surface area (Å²) in [5, 5.41) is 1.12. The highest BCUT2D eigenvalue weighted by Crippen LogP contribution is 2.07. The van der Waals surface area contributed by atoms with Crippen molar-refractivity contribution in [2.75, 3.05) is 13.2 Å². The first-order chi connectivity index (χ1) is 9.15. The van der Waals surface area contributed by atoms with Gasteiger partial charge in [0, 0.05) is 19.9 Å². The average molecular weight is 288 g/mol. The van der Waals surface area contributed by atoms with Crippen molar-refractivity contribution in [3.63, 3.8) is 0 Å². The van der Waals surface area contributed by atoms with Crippen molar-refractivity contribution in [2.24, 2.45) is 0 Å². The lowest BCUT2D eigenvalue weighted by atomic mass is 10.2. The molecule has 0 aromatic rings. The number of rotatable bonds is 5. The van der Waals surface area contributed by atoms with Crippen LogP contribution < -0.4 is 5.43 Å². The highest BCUT2D eigenvalue weighted by molar-refractivity contribution is 5.77. The van der Waals surface area contributed by atoms with Gasteiger partial charge in [-0.2, -0.15) is 0 Å². The minimum absolute atomic E-state index is 0.188. The molecule has 0 aromatic heterocycles. The number of carbonyl (C=O) groups excluding carboxylic acids is 3. The topological polar surface area (TPSA) is 84.9 Å². The molecule has 7 nitrogen and oxygen atoms in total. The van der Waals surface area contributed by atoms with Gasteiger partial charge in [-0.15, -0.1) is 0 Å². The maximum absolute atomic E-state index is 11.6. The van der Waals surface area contributed by atoms with E-state index < -0.39 is 11.7 Å².